The number of aromatic nitrogens is 1. The Balaban J connectivity index is 2.07. The normalized spacial score (nSPS) is 10.3. The lowest BCUT2D eigenvalue weighted by Gasteiger charge is -2.13. The third-order valence-corrected chi connectivity index (χ3v) is 3.85. The molecule has 0 radical (unpaired) electrons. The lowest BCUT2D eigenvalue weighted by molar-refractivity contribution is 0.111. The molecule has 20 heavy (non-hydrogen) atoms. The Hall–Kier alpha value is -1.88. The number of rotatable bonds is 7. The third-order valence-electron chi connectivity index (χ3n) is 2.86. The van der Waals surface area contributed by atoms with Gasteiger partial charge < -0.3 is 9.47 Å². The summed E-state index contributed by atoms with van der Waals surface area (Å²) in [7, 11) is 0. The first-order valence-corrected chi connectivity index (χ1v) is 7.37. The summed E-state index contributed by atoms with van der Waals surface area (Å²) < 4.78 is 11.3. The van der Waals surface area contributed by atoms with Gasteiger partial charge in [-0.15, -0.1) is 11.3 Å². The van der Waals surface area contributed by atoms with Gasteiger partial charge in [-0.3, -0.25) is 4.79 Å². The van der Waals surface area contributed by atoms with Crippen LogP contribution in [0.15, 0.2) is 23.7 Å². The van der Waals surface area contributed by atoms with Crippen LogP contribution in [0.25, 0.3) is 0 Å². The molecule has 0 saturated carbocycles. The Labute approximate surface area is 122 Å². The number of benzene rings is 1. The number of thiazole rings is 1. The van der Waals surface area contributed by atoms with E-state index in [1.807, 2.05) is 25.4 Å². The summed E-state index contributed by atoms with van der Waals surface area (Å²) in [5, 5.41) is 0. The van der Waals surface area contributed by atoms with E-state index in [4.69, 9.17) is 9.47 Å². The van der Waals surface area contributed by atoms with Crippen molar-refractivity contribution in [2.45, 2.75) is 20.3 Å². The molecule has 5 heteroatoms. The molecule has 0 aliphatic rings. The third kappa shape index (κ3) is 3.36. The molecular formula is C15H17NO3S. The molecule has 0 unspecified atom stereocenters. The molecule has 2 rings (SSSR count). The van der Waals surface area contributed by atoms with Gasteiger partial charge in [0, 0.05) is 11.3 Å². The van der Waals surface area contributed by atoms with Gasteiger partial charge >= 0.3 is 0 Å². The second kappa shape index (κ2) is 7.05. The molecule has 0 aliphatic carbocycles. The van der Waals surface area contributed by atoms with Gasteiger partial charge in [-0.1, -0.05) is 6.07 Å². The smallest absolute Gasteiger partial charge is 0.171 e. The van der Waals surface area contributed by atoms with Gasteiger partial charge in [-0.2, -0.15) is 0 Å². The Kier molecular flexibility index (Phi) is 5.12. The standard InChI is InChI=1S/C15H17NO3S/c1-3-18-13-6-4-5-12(9-17)15(13)19-8-7-14-11(2)16-10-20-14/h4-6,9-10H,3,7-8H2,1-2H3. The molecule has 1 aromatic carbocycles. The predicted octanol–water partition coefficient (Wildman–Crippen LogP) is 3.28. The van der Waals surface area contributed by atoms with E-state index in [0.717, 1.165) is 18.4 Å². The number of aryl methyl sites for hydroxylation is 1. The second-order valence-electron chi connectivity index (χ2n) is 4.18. The predicted molar refractivity (Wildman–Crippen MR) is 79.0 cm³/mol. The Morgan fingerprint density at radius 3 is 2.85 bits per heavy atom. The molecule has 2 aromatic rings. The number of hydrogen-bond donors (Lipinski definition) is 0. The molecule has 1 heterocycles. The summed E-state index contributed by atoms with van der Waals surface area (Å²) in [6, 6.07) is 5.32. The molecule has 0 bridgehead atoms. The van der Waals surface area contributed by atoms with Crippen molar-refractivity contribution in [3.8, 4) is 11.5 Å². The second-order valence-corrected chi connectivity index (χ2v) is 5.12. The summed E-state index contributed by atoms with van der Waals surface area (Å²) in [5.74, 6) is 1.13. The van der Waals surface area contributed by atoms with Crippen LogP contribution in [0.5, 0.6) is 11.5 Å². The Morgan fingerprint density at radius 2 is 2.20 bits per heavy atom. The van der Waals surface area contributed by atoms with Gasteiger partial charge in [-0.05, 0) is 26.0 Å². The van der Waals surface area contributed by atoms with Gasteiger partial charge in [0.25, 0.3) is 0 Å². The molecule has 106 valence electrons. The number of carbonyl (C=O) groups is 1. The lowest BCUT2D eigenvalue weighted by atomic mass is 10.2. The number of para-hydroxylation sites is 1. The highest BCUT2D eigenvalue weighted by Gasteiger charge is 2.11. The van der Waals surface area contributed by atoms with Crippen molar-refractivity contribution in [2.24, 2.45) is 0 Å². The summed E-state index contributed by atoms with van der Waals surface area (Å²) in [6.07, 6.45) is 1.56. The number of nitrogens with zero attached hydrogens (tertiary/aromatic N) is 1. The topological polar surface area (TPSA) is 48.4 Å². The fourth-order valence-corrected chi connectivity index (χ4v) is 2.62. The van der Waals surface area contributed by atoms with E-state index in [1.54, 1.807) is 23.5 Å². The summed E-state index contributed by atoms with van der Waals surface area (Å²) in [5.41, 5.74) is 3.37. The summed E-state index contributed by atoms with van der Waals surface area (Å²) in [6.45, 7) is 4.91. The zero-order valence-corrected chi connectivity index (χ0v) is 12.4. The number of ether oxygens (including phenoxy) is 2. The fourth-order valence-electron chi connectivity index (χ4n) is 1.86. The average Bonchev–Trinajstić information content (AvgIpc) is 2.86. The van der Waals surface area contributed by atoms with Crippen molar-refractivity contribution in [3.05, 3.63) is 39.8 Å². The maximum Gasteiger partial charge on any atom is 0.171 e. The minimum Gasteiger partial charge on any atom is -0.490 e. The van der Waals surface area contributed by atoms with Crippen molar-refractivity contribution >= 4 is 17.6 Å². The minimum absolute atomic E-state index is 0.494. The Bertz CT molecular complexity index is 580. The van der Waals surface area contributed by atoms with Crippen LogP contribution in [0, 0.1) is 6.92 Å². The van der Waals surface area contributed by atoms with Crippen molar-refractivity contribution in [1.82, 2.24) is 4.98 Å². The van der Waals surface area contributed by atoms with Crippen LogP contribution in [0.2, 0.25) is 0 Å². The molecule has 0 aliphatic heterocycles. The van der Waals surface area contributed by atoms with Crippen LogP contribution in [0.4, 0.5) is 0 Å². The highest BCUT2D eigenvalue weighted by Crippen LogP contribution is 2.30. The highest BCUT2D eigenvalue weighted by molar-refractivity contribution is 7.09. The van der Waals surface area contributed by atoms with Gasteiger partial charge in [0.2, 0.25) is 0 Å². The van der Waals surface area contributed by atoms with Gasteiger partial charge in [0.05, 0.1) is 30.0 Å². The average molecular weight is 291 g/mol. The summed E-state index contributed by atoms with van der Waals surface area (Å²) >= 11 is 1.62. The largest absolute Gasteiger partial charge is 0.490 e. The molecule has 0 amide bonds. The van der Waals surface area contributed by atoms with Gasteiger partial charge in [0.1, 0.15) is 0 Å². The van der Waals surface area contributed by atoms with Crippen molar-refractivity contribution < 1.29 is 14.3 Å². The molecule has 1 aromatic heterocycles. The highest BCUT2D eigenvalue weighted by atomic mass is 32.1. The zero-order valence-electron chi connectivity index (χ0n) is 11.6. The molecule has 4 nitrogen and oxygen atoms in total. The first-order valence-electron chi connectivity index (χ1n) is 6.49. The SMILES string of the molecule is CCOc1cccc(C=O)c1OCCc1scnc1C. The molecule has 0 atom stereocenters. The Morgan fingerprint density at radius 1 is 1.35 bits per heavy atom. The molecule has 0 fully saturated rings. The fraction of sp³-hybridized carbons (Fsp3) is 0.333. The first kappa shape index (κ1) is 14.5. The lowest BCUT2D eigenvalue weighted by Crippen LogP contribution is -2.05. The van der Waals surface area contributed by atoms with Crippen LogP contribution in [0.3, 0.4) is 0 Å². The van der Waals surface area contributed by atoms with Crippen molar-refractivity contribution in [1.29, 1.82) is 0 Å². The summed E-state index contributed by atoms with van der Waals surface area (Å²) in [4.78, 5) is 16.5. The first-order chi connectivity index (χ1) is 9.76. The monoisotopic (exact) mass is 291 g/mol. The van der Waals surface area contributed by atoms with Crippen LogP contribution in [0.1, 0.15) is 27.9 Å². The van der Waals surface area contributed by atoms with Crippen LogP contribution in [-0.2, 0) is 6.42 Å². The van der Waals surface area contributed by atoms with E-state index in [-0.39, 0.29) is 0 Å². The van der Waals surface area contributed by atoms with Crippen LogP contribution >= 0.6 is 11.3 Å². The molecule has 0 N–H and O–H groups in total. The minimum atomic E-state index is 0.494. The maximum atomic E-state index is 11.1. The van der Waals surface area contributed by atoms with E-state index in [1.165, 1.54) is 4.88 Å². The van der Waals surface area contributed by atoms with Crippen molar-refractivity contribution in [2.75, 3.05) is 13.2 Å². The van der Waals surface area contributed by atoms with Crippen molar-refractivity contribution in [3.63, 3.8) is 0 Å². The number of hydrogen-bond acceptors (Lipinski definition) is 5. The maximum absolute atomic E-state index is 11.1. The van der Waals surface area contributed by atoms with E-state index in [2.05, 4.69) is 4.98 Å². The molecular weight excluding hydrogens is 274 g/mol. The zero-order chi connectivity index (χ0) is 14.4. The molecule has 0 saturated heterocycles. The van der Waals surface area contributed by atoms with Gasteiger partial charge in [-0.25, -0.2) is 4.98 Å². The molecule has 0 spiro atoms. The van der Waals surface area contributed by atoms with E-state index in [9.17, 15) is 4.79 Å². The van der Waals surface area contributed by atoms with Crippen LogP contribution < -0.4 is 9.47 Å². The van der Waals surface area contributed by atoms with Gasteiger partial charge in [0.15, 0.2) is 17.8 Å². The van der Waals surface area contributed by atoms with Crippen LogP contribution in [-0.4, -0.2) is 24.5 Å². The van der Waals surface area contributed by atoms with E-state index >= 15 is 0 Å². The number of carbonyl (C=O) groups excluding carboxylic acids is 1. The van der Waals surface area contributed by atoms with E-state index in [0.29, 0.717) is 30.3 Å². The number of aldehydes is 1. The van der Waals surface area contributed by atoms with E-state index < -0.39 is 0 Å². The quantitative estimate of drug-likeness (QED) is 0.734.